The molecule has 0 spiro atoms. The predicted molar refractivity (Wildman–Crippen MR) is 155 cm³/mol. The summed E-state index contributed by atoms with van der Waals surface area (Å²) in [5.41, 5.74) is 7.65. The number of aromatic nitrogens is 2. The fourth-order valence-electron chi connectivity index (χ4n) is 5.19. The molecule has 1 aliphatic heterocycles. The fourth-order valence-corrected chi connectivity index (χ4v) is 5.70. The molecule has 0 saturated carbocycles. The number of halogens is 1. The third kappa shape index (κ3) is 4.83. The minimum absolute atomic E-state index is 0.0984. The van der Waals surface area contributed by atoms with Crippen molar-refractivity contribution < 1.29 is 4.74 Å². The highest BCUT2D eigenvalue weighted by Crippen LogP contribution is 2.44. The van der Waals surface area contributed by atoms with E-state index in [-0.39, 0.29) is 18.2 Å². The van der Waals surface area contributed by atoms with Crippen LogP contribution in [0.2, 0.25) is 5.02 Å². The van der Waals surface area contributed by atoms with Gasteiger partial charge < -0.3 is 19.5 Å². The van der Waals surface area contributed by atoms with Crippen molar-refractivity contribution >= 4 is 34.6 Å². The van der Waals surface area contributed by atoms with Gasteiger partial charge in [0.2, 0.25) is 0 Å². The Kier molecular flexibility index (Phi) is 6.97. The average molecular weight is 531 g/mol. The van der Waals surface area contributed by atoms with Gasteiger partial charge in [-0.05, 0) is 113 Å². The number of ether oxygens (including phenoxy) is 1. The molecule has 5 nitrogen and oxygen atoms in total. The maximum absolute atomic E-state index is 6.41. The van der Waals surface area contributed by atoms with Crippen molar-refractivity contribution in [2.75, 3.05) is 4.90 Å². The Morgan fingerprint density at radius 1 is 1.00 bits per heavy atom. The Hall–Kier alpha value is -3.35. The summed E-state index contributed by atoms with van der Waals surface area (Å²) in [6, 6.07) is 22.2. The van der Waals surface area contributed by atoms with Gasteiger partial charge in [-0.2, -0.15) is 0 Å². The first-order chi connectivity index (χ1) is 17.7. The number of anilines is 1. The number of hydrogen-bond acceptors (Lipinski definition) is 3. The second-order valence-electron chi connectivity index (χ2n) is 9.75. The lowest BCUT2D eigenvalue weighted by atomic mass is 9.96. The average Bonchev–Trinajstić information content (AvgIpc) is 3.36. The molecule has 0 aliphatic carbocycles. The van der Waals surface area contributed by atoms with E-state index in [1.807, 2.05) is 56.4 Å². The highest BCUT2D eigenvalue weighted by molar-refractivity contribution is 7.80. The van der Waals surface area contributed by atoms with Gasteiger partial charge in [0.1, 0.15) is 5.75 Å². The molecule has 1 aliphatic rings. The van der Waals surface area contributed by atoms with Crippen LogP contribution in [0.4, 0.5) is 5.69 Å². The standard InChI is InChI=1S/C30H31ClN4OS/c1-18(2)36-24-13-11-23(12-14-24)35-29(28(33-30(35)37)26-8-6-7-15-32-26)25-16-20(4)34(21(25)5)27-17-22(31)10-9-19(27)3/h6-18,28-29H,1-5H3,(H,33,37)/t28-,29+/m0/s1. The molecule has 1 saturated heterocycles. The monoisotopic (exact) mass is 530 g/mol. The molecule has 1 N–H and O–H groups in total. The first-order valence-electron chi connectivity index (χ1n) is 12.5. The van der Waals surface area contributed by atoms with Crippen molar-refractivity contribution in [1.82, 2.24) is 14.9 Å². The van der Waals surface area contributed by atoms with Crippen LogP contribution in [0.15, 0.2) is 72.9 Å². The van der Waals surface area contributed by atoms with Crippen LogP contribution in [0, 0.1) is 20.8 Å². The second-order valence-corrected chi connectivity index (χ2v) is 10.6. The first-order valence-corrected chi connectivity index (χ1v) is 13.3. The molecule has 0 bridgehead atoms. The van der Waals surface area contributed by atoms with Crippen molar-refractivity contribution in [3.8, 4) is 11.4 Å². The van der Waals surface area contributed by atoms with Crippen LogP contribution in [0.25, 0.3) is 5.69 Å². The van der Waals surface area contributed by atoms with E-state index in [9.17, 15) is 0 Å². The fraction of sp³-hybridized carbons (Fsp3) is 0.267. The number of nitrogens with one attached hydrogen (secondary N) is 1. The molecule has 4 aromatic rings. The third-order valence-electron chi connectivity index (χ3n) is 6.79. The zero-order valence-corrected chi connectivity index (χ0v) is 23.3. The largest absolute Gasteiger partial charge is 0.491 e. The summed E-state index contributed by atoms with van der Waals surface area (Å²) >= 11 is 12.3. The highest BCUT2D eigenvalue weighted by Gasteiger charge is 2.42. The number of rotatable bonds is 6. The summed E-state index contributed by atoms with van der Waals surface area (Å²) in [6.45, 7) is 10.5. The van der Waals surface area contributed by atoms with E-state index in [1.165, 1.54) is 5.56 Å². The maximum Gasteiger partial charge on any atom is 0.174 e. The minimum atomic E-state index is -0.116. The highest BCUT2D eigenvalue weighted by atomic mass is 35.5. The molecule has 37 heavy (non-hydrogen) atoms. The number of hydrogen-bond donors (Lipinski definition) is 1. The summed E-state index contributed by atoms with van der Waals surface area (Å²) in [5, 5.41) is 4.95. The molecule has 3 heterocycles. The maximum atomic E-state index is 6.41. The van der Waals surface area contributed by atoms with Gasteiger partial charge in [-0.25, -0.2) is 0 Å². The first kappa shape index (κ1) is 25.3. The Bertz CT molecular complexity index is 1430. The van der Waals surface area contributed by atoms with Gasteiger partial charge in [0.15, 0.2) is 5.11 Å². The lowest BCUT2D eigenvalue weighted by Gasteiger charge is -2.28. The summed E-state index contributed by atoms with van der Waals surface area (Å²) in [6.07, 6.45) is 1.94. The summed E-state index contributed by atoms with van der Waals surface area (Å²) in [4.78, 5) is 6.89. The number of nitrogens with zero attached hydrogens (tertiary/aromatic N) is 3. The normalized spacial score (nSPS) is 17.4. The third-order valence-corrected chi connectivity index (χ3v) is 7.34. The van der Waals surface area contributed by atoms with Crippen LogP contribution in [-0.2, 0) is 0 Å². The molecule has 2 aromatic carbocycles. The number of benzene rings is 2. The Morgan fingerprint density at radius 2 is 1.76 bits per heavy atom. The number of thiocarbonyl (C=S) groups is 1. The number of pyridine rings is 1. The number of aryl methyl sites for hydroxylation is 2. The molecule has 2 aromatic heterocycles. The van der Waals surface area contributed by atoms with Crippen LogP contribution in [0.1, 0.15) is 54.1 Å². The molecule has 5 rings (SSSR count). The van der Waals surface area contributed by atoms with Gasteiger partial charge in [-0.15, -0.1) is 0 Å². The SMILES string of the molecule is Cc1ccc(Cl)cc1-n1c(C)cc([C@@H]2[C@H](c3ccccn3)NC(=S)N2c2ccc(OC(C)C)cc2)c1C. The molecule has 2 atom stereocenters. The molecule has 1 fully saturated rings. The van der Waals surface area contributed by atoms with Crippen molar-refractivity contribution in [1.29, 1.82) is 0 Å². The molecule has 0 radical (unpaired) electrons. The molecule has 0 unspecified atom stereocenters. The molecular weight excluding hydrogens is 500 g/mol. The smallest absolute Gasteiger partial charge is 0.174 e. The van der Waals surface area contributed by atoms with E-state index in [2.05, 4.69) is 65.9 Å². The predicted octanol–water partition coefficient (Wildman–Crippen LogP) is 7.42. The molecule has 7 heteroatoms. The van der Waals surface area contributed by atoms with E-state index in [0.717, 1.165) is 44.8 Å². The van der Waals surface area contributed by atoms with Crippen LogP contribution >= 0.6 is 23.8 Å². The van der Waals surface area contributed by atoms with Crippen molar-refractivity contribution in [2.24, 2.45) is 0 Å². The summed E-state index contributed by atoms with van der Waals surface area (Å²) < 4.78 is 8.16. The zero-order chi connectivity index (χ0) is 26.3. The topological polar surface area (TPSA) is 42.3 Å². The van der Waals surface area contributed by atoms with Gasteiger partial charge in [0, 0.05) is 34.0 Å². The van der Waals surface area contributed by atoms with Crippen LogP contribution in [0.5, 0.6) is 5.75 Å². The Labute approximate surface area is 229 Å². The van der Waals surface area contributed by atoms with Crippen LogP contribution in [0.3, 0.4) is 0 Å². The Balaban J connectivity index is 1.64. The zero-order valence-electron chi connectivity index (χ0n) is 21.7. The van der Waals surface area contributed by atoms with Crippen molar-refractivity contribution in [3.05, 3.63) is 106 Å². The van der Waals surface area contributed by atoms with Gasteiger partial charge in [0.05, 0.1) is 23.9 Å². The second kappa shape index (κ2) is 10.2. The van der Waals surface area contributed by atoms with E-state index in [0.29, 0.717) is 5.11 Å². The molecule has 0 amide bonds. The van der Waals surface area contributed by atoms with E-state index >= 15 is 0 Å². The van der Waals surface area contributed by atoms with E-state index in [1.54, 1.807) is 0 Å². The van der Waals surface area contributed by atoms with Gasteiger partial charge in [-0.1, -0.05) is 23.7 Å². The summed E-state index contributed by atoms with van der Waals surface area (Å²) in [5.74, 6) is 0.837. The van der Waals surface area contributed by atoms with Gasteiger partial charge in [-0.3, -0.25) is 4.98 Å². The van der Waals surface area contributed by atoms with Crippen LogP contribution in [-0.4, -0.2) is 20.8 Å². The lowest BCUT2D eigenvalue weighted by molar-refractivity contribution is 0.242. The van der Waals surface area contributed by atoms with E-state index in [4.69, 9.17) is 33.5 Å². The minimum Gasteiger partial charge on any atom is -0.491 e. The summed E-state index contributed by atoms with van der Waals surface area (Å²) in [7, 11) is 0. The van der Waals surface area contributed by atoms with Crippen LogP contribution < -0.4 is 15.0 Å². The van der Waals surface area contributed by atoms with Crippen molar-refractivity contribution in [2.45, 2.75) is 52.8 Å². The molecular formula is C30H31ClN4OS. The van der Waals surface area contributed by atoms with Gasteiger partial charge in [0.25, 0.3) is 0 Å². The van der Waals surface area contributed by atoms with E-state index < -0.39 is 0 Å². The van der Waals surface area contributed by atoms with Gasteiger partial charge >= 0.3 is 0 Å². The quantitative estimate of drug-likeness (QED) is 0.263. The Morgan fingerprint density at radius 3 is 2.43 bits per heavy atom. The van der Waals surface area contributed by atoms with Crippen molar-refractivity contribution in [3.63, 3.8) is 0 Å². The molecule has 190 valence electrons. The lowest BCUT2D eigenvalue weighted by Crippen LogP contribution is -2.29.